The molecular formula is C12H20ClN3. The Balaban J connectivity index is 2.79. The van der Waals surface area contributed by atoms with Crippen molar-refractivity contribution in [2.75, 3.05) is 18.5 Å². The third-order valence-electron chi connectivity index (χ3n) is 2.76. The van der Waals surface area contributed by atoms with Crippen LogP contribution in [0.3, 0.4) is 0 Å². The van der Waals surface area contributed by atoms with Crippen LogP contribution in [0.1, 0.15) is 25.8 Å². The molecule has 0 aromatic carbocycles. The Morgan fingerprint density at radius 2 is 2.25 bits per heavy atom. The minimum Gasteiger partial charge on any atom is -0.358 e. The van der Waals surface area contributed by atoms with Gasteiger partial charge in [0, 0.05) is 26.3 Å². The Morgan fingerprint density at radius 1 is 1.56 bits per heavy atom. The normalized spacial score (nSPS) is 12.6. The molecule has 16 heavy (non-hydrogen) atoms. The maximum atomic E-state index is 6.17. The molecule has 0 saturated heterocycles. The van der Waals surface area contributed by atoms with Crippen LogP contribution in [0, 0.1) is 5.92 Å². The van der Waals surface area contributed by atoms with Gasteiger partial charge >= 0.3 is 0 Å². The third kappa shape index (κ3) is 3.35. The zero-order valence-electron chi connectivity index (χ0n) is 10.2. The number of halogens is 1. The number of anilines is 1. The van der Waals surface area contributed by atoms with Crippen LogP contribution in [0.2, 0.25) is 5.02 Å². The van der Waals surface area contributed by atoms with E-state index in [4.69, 9.17) is 17.3 Å². The summed E-state index contributed by atoms with van der Waals surface area (Å²) < 4.78 is 0. The van der Waals surface area contributed by atoms with E-state index < -0.39 is 0 Å². The predicted molar refractivity (Wildman–Crippen MR) is 69.9 cm³/mol. The largest absolute Gasteiger partial charge is 0.358 e. The molecule has 2 N–H and O–H groups in total. The Bertz CT molecular complexity index is 341. The van der Waals surface area contributed by atoms with Gasteiger partial charge < -0.3 is 10.6 Å². The highest BCUT2D eigenvalue weighted by Crippen LogP contribution is 2.23. The molecule has 1 heterocycles. The molecule has 0 fully saturated rings. The first-order valence-electron chi connectivity index (χ1n) is 5.64. The van der Waals surface area contributed by atoms with E-state index in [9.17, 15) is 0 Å². The summed E-state index contributed by atoms with van der Waals surface area (Å²) in [5.41, 5.74) is 6.50. The molecule has 0 aliphatic heterocycles. The Labute approximate surface area is 103 Å². The summed E-state index contributed by atoms with van der Waals surface area (Å²) in [4.78, 5) is 6.44. The summed E-state index contributed by atoms with van der Waals surface area (Å²) in [6, 6.07) is 1.89. The summed E-state index contributed by atoms with van der Waals surface area (Å²) in [5, 5.41) is 0.675. The first-order valence-corrected chi connectivity index (χ1v) is 6.01. The average molecular weight is 242 g/mol. The molecule has 1 atom stereocenters. The highest BCUT2D eigenvalue weighted by atomic mass is 35.5. The maximum absolute atomic E-state index is 6.17. The topological polar surface area (TPSA) is 42.2 Å². The molecule has 0 radical (unpaired) electrons. The monoisotopic (exact) mass is 241 g/mol. The Hall–Kier alpha value is -0.800. The number of hydrogen-bond acceptors (Lipinski definition) is 3. The molecule has 90 valence electrons. The van der Waals surface area contributed by atoms with E-state index in [0.29, 0.717) is 17.5 Å². The molecule has 0 aliphatic rings. The van der Waals surface area contributed by atoms with Crippen LogP contribution in [0.5, 0.6) is 0 Å². The lowest BCUT2D eigenvalue weighted by Crippen LogP contribution is -2.24. The Morgan fingerprint density at radius 3 is 2.75 bits per heavy atom. The van der Waals surface area contributed by atoms with Crippen LogP contribution in [-0.2, 0) is 6.54 Å². The van der Waals surface area contributed by atoms with E-state index >= 15 is 0 Å². The van der Waals surface area contributed by atoms with Gasteiger partial charge in [-0.05, 0) is 17.5 Å². The van der Waals surface area contributed by atoms with Crippen molar-refractivity contribution in [3.63, 3.8) is 0 Å². The average Bonchev–Trinajstić information content (AvgIpc) is 2.28. The van der Waals surface area contributed by atoms with Gasteiger partial charge in [0.2, 0.25) is 0 Å². The SMILES string of the molecule is CCC(C)CN(C)c1ncc(CN)cc1Cl. The van der Waals surface area contributed by atoms with Crippen LogP contribution in [0.25, 0.3) is 0 Å². The van der Waals surface area contributed by atoms with Crippen LogP contribution in [0.15, 0.2) is 12.3 Å². The fraction of sp³-hybridized carbons (Fsp3) is 0.583. The lowest BCUT2D eigenvalue weighted by atomic mass is 10.1. The van der Waals surface area contributed by atoms with Crippen molar-refractivity contribution in [1.82, 2.24) is 4.98 Å². The standard InChI is InChI=1S/C12H20ClN3/c1-4-9(2)8-16(3)12-11(13)5-10(6-14)7-15-12/h5,7,9H,4,6,8,14H2,1-3H3. The van der Waals surface area contributed by atoms with Crippen molar-refractivity contribution in [2.24, 2.45) is 11.7 Å². The summed E-state index contributed by atoms with van der Waals surface area (Å²) in [6.07, 6.45) is 2.94. The number of nitrogens with two attached hydrogens (primary N) is 1. The first kappa shape index (κ1) is 13.3. The van der Waals surface area contributed by atoms with Crippen LogP contribution >= 0.6 is 11.6 Å². The molecular weight excluding hydrogens is 222 g/mol. The number of rotatable bonds is 5. The van der Waals surface area contributed by atoms with Gasteiger partial charge in [-0.3, -0.25) is 0 Å². The van der Waals surface area contributed by atoms with Crippen molar-refractivity contribution in [2.45, 2.75) is 26.8 Å². The second-order valence-corrected chi connectivity index (χ2v) is 4.65. The van der Waals surface area contributed by atoms with Gasteiger partial charge in [0.05, 0.1) is 5.02 Å². The van der Waals surface area contributed by atoms with Gasteiger partial charge in [-0.2, -0.15) is 0 Å². The summed E-state index contributed by atoms with van der Waals surface area (Å²) in [7, 11) is 2.02. The van der Waals surface area contributed by atoms with Gasteiger partial charge in [0.15, 0.2) is 0 Å². The fourth-order valence-corrected chi connectivity index (χ4v) is 1.88. The second kappa shape index (κ2) is 6.06. The van der Waals surface area contributed by atoms with Gasteiger partial charge in [-0.1, -0.05) is 31.9 Å². The van der Waals surface area contributed by atoms with Gasteiger partial charge in [0.25, 0.3) is 0 Å². The highest BCUT2D eigenvalue weighted by molar-refractivity contribution is 6.33. The molecule has 1 aromatic heterocycles. The fourth-order valence-electron chi connectivity index (χ4n) is 1.55. The zero-order chi connectivity index (χ0) is 12.1. The Kier molecular flexibility index (Phi) is 5.03. The first-order chi connectivity index (χ1) is 7.58. The lowest BCUT2D eigenvalue weighted by Gasteiger charge is -2.22. The molecule has 0 saturated carbocycles. The minimum atomic E-state index is 0.474. The predicted octanol–water partition coefficient (Wildman–Crippen LogP) is 2.68. The van der Waals surface area contributed by atoms with Crippen molar-refractivity contribution in [3.8, 4) is 0 Å². The van der Waals surface area contributed by atoms with E-state index in [0.717, 1.165) is 24.3 Å². The minimum absolute atomic E-state index is 0.474. The van der Waals surface area contributed by atoms with E-state index in [2.05, 4.69) is 23.7 Å². The smallest absolute Gasteiger partial charge is 0.147 e. The van der Waals surface area contributed by atoms with E-state index in [1.165, 1.54) is 0 Å². The number of pyridine rings is 1. The number of aromatic nitrogens is 1. The summed E-state index contributed by atoms with van der Waals surface area (Å²) in [5.74, 6) is 1.47. The van der Waals surface area contributed by atoms with E-state index in [1.807, 2.05) is 13.1 Å². The third-order valence-corrected chi connectivity index (χ3v) is 3.04. The summed E-state index contributed by atoms with van der Waals surface area (Å²) in [6.45, 7) is 5.84. The lowest BCUT2D eigenvalue weighted by molar-refractivity contribution is 0.557. The second-order valence-electron chi connectivity index (χ2n) is 4.25. The van der Waals surface area contributed by atoms with Crippen molar-refractivity contribution < 1.29 is 0 Å². The summed E-state index contributed by atoms with van der Waals surface area (Å²) >= 11 is 6.17. The molecule has 0 bridgehead atoms. The van der Waals surface area contributed by atoms with Crippen molar-refractivity contribution >= 4 is 17.4 Å². The van der Waals surface area contributed by atoms with Gasteiger partial charge in [-0.15, -0.1) is 0 Å². The zero-order valence-corrected chi connectivity index (χ0v) is 11.0. The maximum Gasteiger partial charge on any atom is 0.147 e. The van der Waals surface area contributed by atoms with Gasteiger partial charge in [-0.25, -0.2) is 4.98 Å². The van der Waals surface area contributed by atoms with Crippen LogP contribution in [-0.4, -0.2) is 18.6 Å². The highest BCUT2D eigenvalue weighted by Gasteiger charge is 2.10. The molecule has 0 amide bonds. The molecule has 1 unspecified atom stereocenters. The van der Waals surface area contributed by atoms with Crippen molar-refractivity contribution in [3.05, 3.63) is 22.8 Å². The molecule has 0 aliphatic carbocycles. The van der Waals surface area contributed by atoms with Gasteiger partial charge in [0.1, 0.15) is 5.82 Å². The molecule has 1 rings (SSSR count). The molecule has 3 nitrogen and oxygen atoms in total. The molecule has 4 heteroatoms. The quantitative estimate of drug-likeness (QED) is 0.862. The number of hydrogen-bond donors (Lipinski definition) is 1. The number of nitrogens with zero attached hydrogens (tertiary/aromatic N) is 2. The van der Waals surface area contributed by atoms with E-state index in [-0.39, 0.29) is 0 Å². The molecule has 1 aromatic rings. The van der Waals surface area contributed by atoms with Crippen LogP contribution < -0.4 is 10.6 Å². The van der Waals surface area contributed by atoms with E-state index in [1.54, 1.807) is 6.20 Å². The van der Waals surface area contributed by atoms with Crippen LogP contribution in [0.4, 0.5) is 5.82 Å². The molecule has 0 spiro atoms. The van der Waals surface area contributed by atoms with Crippen molar-refractivity contribution in [1.29, 1.82) is 0 Å².